The lowest BCUT2D eigenvalue weighted by Gasteiger charge is -2.34. The number of piperazine rings is 1. The number of aliphatic hydroxyl groups is 1. The summed E-state index contributed by atoms with van der Waals surface area (Å²) >= 11 is 0. The molecule has 0 bridgehead atoms. The molecule has 1 fully saturated rings. The Morgan fingerprint density at radius 1 is 1.17 bits per heavy atom. The Balaban J connectivity index is 1.91. The predicted molar refractivity (Wildman–Crippen MR) is 66.5 cm³/mol. The van der Waals surface area contributed by atoms with Gasteiger partial charge in [0.15, 0.2) is 0 Å². The summed E-state index contributed by atoms with van der Waals surface area (Å²) in [6.07, 6.45) is 1.47. The molecule has 0 aliphatic carbocycles. The predicted octanol–water partition coefficient (Wildman–Crippen LogP) is -1.83. The minimum Gasteiger partial charge on any atom is -0.395 e. The summed E-state index contributed by atoms with van der Waals surface area (Å²) in [5, 5.41) is 8.85. The molecule has 7 heteroatoms. The minimum atomic E-state index is -0.475. The van der Waals surface area contributed by atoms with Gasteiger partial charge in [-0.1, -0.05) is 0 Å². The minimum absolute atomic E-state index is 0.180. The summed E-state index contributed by atoms with van der Waals surface area (Å²) in [5.74, 6) is 0. The van der Waals surface area contributed by atoms with Gasteiger partial charge >= 0.3 is 5.69 Å². The largest absolute Gasteiger partial charge is 0.395 e. The molecule has 1 aromatic heterocycles. The smallest absolute Gasteiger partial charge is 0.325 e. The molecule has 0 aromatic carbocycles. The SMILES string of the molecule is O=c1[nH]cc(CN2CCN(CCO)CC2)c(=O)[nH]1. The van der Waals surface area contributed by atoms with Gasteiger partial charge in [0.05, 0.1) is 6.61 Å². The Morgan fingerprint density at radius 2 is 1.83 bits per heavy atom. The average molecular weight is 254 g/mol. The molecule has 100 valence electrons. The molecule has 3 N–H and O–H groups in total. The molecule has 0 unspecified atom stereocenters. The maximum absolute atomic E-state index is 11.5. The number of hydrogen-bond acceptors (Lipinski definition) is 5. The van der Waals surface area contributed by atoms with Gasteiger partial charge in [0.2, 0.25) is 0 Å². The van der Waals surface area contributed by atoms with Gasteiger partial charge in [-0.05, 0) is 0 Å². The molecule has 2 rings (SSSR count). The maximum atomic E-state index is 11.5. The van der Waals surface area contributed by atoms with Crippen LogP contribution in [0.1, 0.15) is 5.56 Å². The summed E-state index contributed by atoms with van der Waals surface area (Å²) in [4.78, 5) is 31.5. The first-order valence-electron chi connectivity index (χ1n) is 6.05. The van der Waals surface area contributed by atoms with Gasteiger partial charge in [0.1, 0.15) is 0 Å². The quantitative estimate of drug-likeness (QED) is 0.588. The number of aromatic nitrogens is 2. The summed E-state index contributed by atoms with van der Waals surface area (Å²) < 4.78 is 0. The van der Waals surface area contributed by atoms with Crippen molar-refractivity contribution in [3.05, 3.63) is 32.6 Å². The molecule has 1 aliphatic heterocycles. The van der Waals surface area contributed by atoms with Crippen LogP contribution in [0.4, 0.5) is 0 Å². The standard InChI is InChI=1S/C11H18N4O3/c16-6-5-14-1-3-15(4-2-14)8-9-7-12-11(18)13-10(9)17/h7,16H,1-6,8H2,(H2,12,13,17,18). The van der Waals surface area contributed by atoms with E-state index >= 15 is 0 Å². The van der Waals surface area contributed by atoms with Crippen molar-refractivity contribution in [2.75, 3.05) is 39.3 Å². The number of β-amino-alcohol motifs (C(OH)–C–C–N with tert-alkyl or cyclic N) is 1. The van der Waals surface area contributed by atoms with E-state index < -0.39 is 5.69 Å². The Bertz CT molecular complexity index is 488. The highest BCUT2D eigenvalue weighted by Crippen LogP contribution is 2.04. The van der Waals surface area contributed by atoms with E-state index in [2.05, 4.69) is 19.8 Å². The third-order valence-corrected chi connectivity index (χ3v) is 3.17. The molecule has 0 amide bonds. The summed E-state index contributed by atoms with van der Waals surface area (Å²) in [7, 11) is 0. The normalized spacial score (nSPS) is 18.1. The van der Waals surface area contributed by atoms with E-state index in [9.17, 15) is 9.59 Å². The van der Waals surface area contributed by atoms with Crippen LogP contribution in [0.2, 0.25) is 0 Å². The molecule has 7 nitrogen and oxygen atoms in total. The third-order valence-electron chi connectivity index (χ3n) is 3.17. The van der Waals surface area contributed by atoms with Crippen LogP contribution in [0.15, 0.2) is 15.8 Å². The molecule has 1 aromatic rings. The monoisotopic (exact) mass is 254 g/mol. The van der Waals surface area contributed by atoms with Crippen LogP contribution in [-0.4, -0.2) is 64.2 Å². The van der Waals surface area contributed by atoms with Crippen LogP contribution >= 0.6 is 0 Å². The highest BCUT2D eigenvalue weighted by atomic mass is 16.3. The molecule has 2 heterocycles. The first-order valence-corrected chi connectivity index (χ1v) is 6.05. The second-order valence-corrected chi connectivity index (χ2v) is 4.44. The van der Waals surface area contributed by atoms with E-state index in [1.165, 1.54) is 6.20 Å². The zero-order valence-corrected chi connectivity index (χ0v) is 10.2. The summed E-state index contributed by atoms with van der Waals surface area (Å²) in [6, 6.07) is 0. The Labute approximate surface area is 104 Å². The van der Waals surface area contributed by atoms with Crippen LogP contribution in [-0.2, 0) is 6.54 Å². The Hall–Kier alpha value is -1.44. The van der Waals surface area contributed by atoms with Crippen molar-refractivity contribution < 1.29 is 5.11 Å². The molecule has 1 aliphatic rings. The number of nitrogens with one attached hydrogen (secondary N) is 2. The van der Waals surface area contributed by atoms with Crippen molar-refractivity contribution in [1.29, 1.82) is 0 Å². The molecule has 0 radical (unpaired) electrons. The summed E-state index contributed by atoms with van der Waals surface area (Å²) in [5.41, 5.74) is -0.224. The summed E-state index contributed by atoms with van der Waals surface area (Å²) in [6.45, 7) is 4.92. The second kappa shape index (κ2) is 5.94. The number of rotatable bonds is 4. The van der Waals surface area contributed by atoms with Crippen molar-refractivity contribution >= 4 is 0 Å². The number of aliphatic hydroxyl groups excluding tert-OH is 1. The van der Waals surface area contributed by atoms with E-state index in [4.69, 9.17) is 5.11 Å². The lowest BCUT2D eigenvalue weighted by atomic mass is 10.2. The first kappa shape index (κ1) is 13.0. The van der Waals surface area contributed by atoms with Crippen molar-refractivity contribution in [2.24, 2.45) is 0 Å². The average Bonchev–Trinajstić information content (AvgIpc) is 2.35. The molecular weight excluding hydrogens is 236 g/mol. The molecule has 1 saturated heterocycles. The van der Waals surface area contributed by atoms with Crippen LogP contribution in [0.5, 0.6) is 0 Å². The Morgan fingerprint density at radius 3 is 2.44 bits per heavy atom. The van der Waals surface area contributed by atoms with Crippen LogP contribution in [0.3, 0.4) is 0 Å². The van der Waals surface area contributed by atoms with Crippen LogP contribution in [0.25, 0.3) is 0 Å². The molecule has 0 spiro atoms. The zero-order valence-electron chi connectivity index (χ0n) is 10.2. The molecule has 18 heavy (non-hydrogen) atoms. The molecular formula is C11H18N4O3. The van der Waals surface area contributed by atoms with E-state index in [0.717, 1.165) is 26.2 Å². The van der Waals surface area contributed by atoms with Crippen molar-refractivity contribution in [2.45, 2.75) is 6.54 Å². The topological polar surface area (TPSA) is 92.4 Å². The lowest BCUT2D eigenvalue weighted by molar-refractivity contribution is 0.108. The van der Waals surface area contributed by atoms with Crippen molar-refractivity contribution in [1.82, 2.24) is 19.8 Å². The van der Waals surface area contributed by atoms with Gasteiger partial charge in [-0.3, -0.25) is 19.6 Å². The molecule has 0 atom stereocenters. The number of hydrogen-bond donors (Lipinski definition) is 3. The van der Waals surface area contributed by atoms with Gasteiger partial charge in [0.25, 0.3) is 5.56 Å². The van der Waals surface area contributed by atoms with Gasteiger partial charge in [-0.2, -0.15) is 0 Å². The third kappa shape index (κ3) is 3.28. The maximum Gasteiger partial charge on any atom is 0.325 e. The Kier molecular flexibility index (Phi) is 4.29. The number of H-pyrrole nitrogens is 2. The van der Waals surface area contributed by atoms with Gasteiger partial charge in [-0.15, -0.1) is 0 Å². The van der Waals surface area contributed by atoms with Gasteiger partial charge in [0, 0.05) is 51.0 Å². The van der Waals surface area contributed by atoms with Gasteiger partial charge < -0.3 is 10.1 Å². The van der Waals surface area contributed by atoms with E-state index in [1.807, 2.05) is 0 Å². The first-order chi connectivity index (χ1) is 8.69. The fourth-order valence-electron chi connectivity index (χ4n) is 2.11. The van der Waals surface area contributed by atoms with Crippen molar-refractivity contribution in [3.8, 4) is 0 Å². The van der Waals surface area contributed by atoms with E-state index in [-0.39, 0.29) is 12.2 Å². The zero-order chi connectivity index (χ0) is 13.0. The van der Waals surface area contributed by atoms with E-state index in [0.29, 0.717) is 18.7 Å². The van der Waals surface area contributed by atoms with Gasteiger partial charge in [-0.25, -0.2) is 4.79 Å². The number of nitrogens with zero attached hydrogens (tertiary/aromatic N) is 2. The second-order valence-electron chi connectivity index (χ2n) is 4.44. The van der Waals surface area contributed by atoms with Crippen LogP contribution in [0, 0.1) is 0 Å². The fourth-order valence-corrected chi connectivity index (χ4v) is 2.11. The fraction of sp³-hybridized carbons (Fsp3) is 0.636. The highest BCUT2D eigenvalue weighted by molar-refractivity contribution is 5.03. The van der Waals surface area contributed by atoms with Crippen molar-refractivity contribution in [3.63, 3.8) is 0 Å². The van der Waals surface area contributed by atoms with Crippen LogP contribution < -0.4 is 11.2 Å². The highest BCUT2D eigenvalue weighted by Gasteiger charge is 2.17. The molecule has 0 saturated carbocycles. The number of aromatic amines is 2. The van der Waals surface area contributed by atoms with E-state index in [1.54, 1.807) is 0 Å². The lowest BCUT2D eigenvalue weighted by Crippen LogP contribution is -2.47.